The maximum Gasteiger partial charge on any atom is 0.469 e. The fourth-order valence-corrected chi connectivity index (χ4v) is 2.42. The Kier molecular flexibility index (Phi) is 4.93. The van der Waals surface area contributed by atoms with Crippen LogP contribution in [0.3, 0.4) is 0 Å². The number of nitrogens with zero attached hydrogens (tertiary/aromatic N) is 1. The van der Waals surface area contributed by atoms with Crippen molar-refractivity contribution in [1.29, 1.82) is 0 Å². The minimum atomic E-state index is -4.72. The summed E-state index contributed by atoms with van der Waals surface area (Å²) in [5.74, 6) is -0.677. The molecule has 0 saturated carbocycles. The van der Waals surface area contributed by atoms with Gasteiger partial charge in [0.05, 0.1) is 6.61 Å². The van der Waals surface area contributed by atoms with E-state index in [1.54, 1.807) is 0 Å². The van der Waals surface area contributed by atoms with Crippen molar-refractivity contribution < 1.29 is 43.2 Å². The van der Waals surface area contributed by atoms with Gasteiger partial charge in [0.2, 0.25) is 0 Å². The van der Waals surface area contributed by atoms with Crippen molar-refractivity contribution in [3.05, 3.63) is 30.1 Å². The molecule has 2 rings (SSSR count). The fourth-order valence-electron chi connectivity index (χ4n) is 2.08. The van der Waals surface area contributed by atoms with Crippen LogP contribution in [0.15, 0.2) is 24.5 Å². The molecule has 0 spiro atoms. The highest BCUT2D eigenvalue weighted by Crippen LogP contribution is 2.37. The van der Waals surface area contributed by atoms with Gasteiger partial charge in [-0.05, 0) is 6.07 Å². The first-order valence-electron chi connectivity index (χ1n) is 6.21. The van der Waals surface area contributed by atoms with Crippen LogP contribution in [0.4, 0.5) is 0 Å². The normalized spacial score (nSPS) is 28.7. The van der Waals surface area contributed by atoms with Gasteiger partial charge in [-0.1, -0.05) is 0 Å². The SMILES string of the molecule is NC(=O)c1ccc[n+](C2OC(COP(=O)(O)O)[C@H](O)C2O)c1. The number of ether oxygens (including phenoxy) is 1. The minimum Gasteiger partial charge on any atom is -0.387 e. The molecule has 0 radical (unpaired) electrons. The average molecular weight is 335 g/mol. The monoisotopic (exact) mass is 335 g/mol. The van der Waals surface area contributed by atoms with E-state index in [0.29, 0.717) is 0 Å². The van der Waals surface area contributed by atoms with Crippen LogP contribution in [0.5, 0.6) is 0 Å². The highest BCUT2D eigenvalue weighted by Gasteiger charge is 2.48. The topological polar surface area (TPSA) is 163 Å². The summed E-state index contributed by atoms with van der Waals surface area (Å²) in [6.45, 7) is -0.602. The second-order valence-corrected chi connectivity index (χ2v) is 5.98. The van der Waals surface area contributed by atoms with E-state index < -0.39 is 44.9 Å². The molecule has 0 aromatic carbocycles. The Morgan fingerprint density at radius 1 is 1.41 bits per heavy atom. The Balaban J connectivity index is 2.14. The summed E-state index contributed by atoms with van der Waals surface area (Å²) in [6, 6.07) is 2.97. The molecule has 1 aromatic rings. The molecular formula is C11H16N2O8P+. The van der Waals surface area contributed by atoms with Crippen molar-refractivity contribution in [2.24, 2.45) is 5.73 Å². The van der Waals surface area contributed by atoms with Gasteiger partial charge in [-0.3, -0.25) is 9.32 Å². The van der Waals surface area contributed by atoms with Gasteiger partial charge in [0.25, 0.3) is 12.1 Å². The molecule has 0 aliphatic carbocycles. The minimum absolute atomic E-state index is 0.169. The van der Waals surface area contributed by atoms with E-state index in [9.17, 15) is 19.6 Å². The smallest absolute Gasteiger partial charge is 0.387 e. The molecule has 11 heteroatoms. The number of aromatic nitrogens is 1. The van der Waals surface area contributed by atoms with Crippen molar-refractivity contribution in [3.63, 3.8) is 0 Å². The molecule has 4 atom stereocenters. The predicted octanol–water partition coefficient (Wildman–Crippen LogP) is -2.20. The fraction of sp³-hybridized carbons (Fsp3) is 0.455. The molecule has 3 unspecified atom stereocenters. The van der Waals surface area contributed by atoms with Crippen LogP contribution in [-0.2, 0) is 13.8 Å². The zero-order chi connectivity index (χ0) is 16.5. The highest BCUT2D eigenvalue weighted by molar-refractivity contribution is 7.46. The summed E-state index contributed by atoms with van der Waals surface area (Å²) in [6.07, 6.45) is -2.18. The van der Waals surface area contributed by atoms with Crippen LogP contribution in [0.25, 0.3) is 0 Å². The van der Waals surface area contributed by atoms with Crippen LogP contribution in [0.2, 0.25) is 0 Å². The predicted molar refractivity (Wildman–Crippen MR) is 69.1 cm³/mol. The van der Waals surface area contributed by atoms with E-state index in [-0.39, 0.29) is 5.56 Å². The number of phosphoric acid groups is 1. The molecule has 1 aromatic heterocycles. The third-order valence-corrected chi connectivity index (χ3v) is 3.63. The Hall–Kier alpha value is -1.39. The molecule has 1 amide bonds. The lowest BCUT2D eigenvalue weighted by molar-refractivity contribution is -0.765. The van der Waals surface area contributed by atoms with Crippen LogP contribution >= 0.6 is 7.82 Å². The second-order valence-electron chi connectivity index (χ2n) is 4.74. The van der Waals surface area contributed by atoms with Gasteiger partial charge in [0, 0.05) is 6.07 Å². The van der Waals surface area contributed by atoms with Gasteiger partial charge in [-0.15, -0.1) is 0 Å². The summed E-state index contributed by atoms with van der Waals surface area (Å²) in [5, 5.41) is 19.8. The van der Waals surface area contributed by atoms with Gasteiger partial charge in [0.1, 0.15) is 17.8 Å². The first-order chi connectivity index (χ1) is 10.2. The molecular weight excluding hydrogens is 319 g/mol. The van der Waals surface area contributed by atoms with E-state index in [2.05, 4.69) is 4.52 Å². The van der Waals surface area contributed by atoms with E-state index >= 15 is 0 Å². The molecule has 6 N–H and O–H groups in total. The molecule has 1 aliphatic rings. The summed E-state index contributed by atoms with van der Waals surface area (Å²) in [5.41, 5.74) is 5.32. The largest absolute Gasteiger partial charge is 0.469 e. The molecule has 10 nitrogen and oxygen atoms in total. The zero-order valence-electron chi connectivity index (χ0n) is 11.2. The van der Waals surface area contributed by atoms with Gasteiger partial charge in [-0.2, -0.15) is 4.57 Å². The number of rotatable bonds is 5. The van der Waals surface area contributed by atoms with Crippen LogP contribution in [-0.4, -0.2) is 50.8 Å². The number of hydrogen-bond acceptors (Lipinski definition) is 6. The number of hydrogen-bond donors (Lipinski definition) is 5. The molecule has 2 heterocycles. The number of nitrogens with two attached hydrogens (primary N) is 1. The van der Waals surface area contributed by atoms with Gasteiger partial charge in [0.15, 0.2) is 18.5 Å². The molecule has 1 saturated heterocycles. The van der Waals surface area contributed by atoms with Crippen molar-refractivity contribution in [2.75, 3.05) is 6.61 Å². The number of primary amides is 1. The molecule has 22 heavy (non-hydrogen) atoms. The maximum atomic E-state index is 11.1. The van der Waals surface area contributed by atoms with E-state index in [0.717, 1.165) is 0 Å². The maximum absolute atomic E-state index is 11.1. The van der Waals surface area contributed by atoms with Crippen molar-refractivity contribution >= 4 is 13.7 Å². The second kappa shape index (κ2) is 6.39. The number of aliphatic hydroxyl groups excluding tert-OH is 2. The lowest BCUT2D eigenvalue weighted by atomic mass is 10.1. The van der Waals surface area contributed by atoms with Crippen molar-refractivity contribution in [3.8, 4) is 0 Å². The zero-order valence-corrected chi connectivity index (χ0v) is 12.1. The van der Waals surface area contributed by atoms with E-state index in [4.69, 9.17) is 20.3 Å². The van der Waals surface area contributed by atoms with E-state index in [1.165, 1.54) is 29.1 Å². The molecule has 1 aliphatic heterocycles. The van der Waals surface area contributed by atoms with E-state index in [1.807, 2.05) is 0 Å². The summed E-state index contributed by atoms with van der Waals surface area (Å²) in [7, 11) is -4.72. The quantitative estimate of drug-likeness (QED) is 0.299. The Bertz CT molecular complexity index is 606. The third kappa shape index (κ3) is 3.87. The standard InChI is InChI=1S/C11H15N2O8P/c12-10(16)6-2-1-3-13(4-6)11-9(15)8(14)7(21-11)5-20-22(17,18)19/h1-4,7-9,11,14-15H,5H2,(H3-,12,16,17,18,19)/p+1/t7?,8-,9?,11?/m0/s1. The Morgan fingerprint density at radius 3 is 2.68 bits per heavy atom. The first kappa shape index (κ1) is 17.0. The summed E-state index contributed by atoms with van der Waals surface area (Å²) < 4.78 is 21.6. The summed E-state index contributed by atoms with van der Waals surface area (Å²) in [4.78, 5) is 28.4. The Labute approximate surface area is 124 Å². The van der Waals surface area contributed by atoms with Crippen molar-refractivity contribution in [2.45, 2.75) is 24.5 Å². The van der Waals surface area contributed by atoms with Gasteiger partial charge in [-0.25, -0.2) is 4.57 Å². The lowest BCUT2D eigenvalue weighted by Gasteiger charge is -2.13. The molecule has 1 fully saturated rings. The van der Waals surface area contributed by atoms with Crippen LogP contribution in [0.1, 0.15) is 16.6 Å². The number of carbonyl (C=O) groups is 1. The number of aliphatic hydroxyl groups is 2. The third-order valence-electron chi connectivity index (χ3n) is 3.14. The Morgan fingerprint density at radius 2 is 2.09 bits per heavy atom. The average Bonchev–Trinajstić information content (AvgIpc) is 2.72. The number of pyridine rings is 1. The van der Waals surface area contributed by atoms with Crippen LogP contribution in [0, 0.1) is 0 Å². The lowest BCUT2D eigenvalue weighted by Crippen LogP contribution is -2.46. The van der Waals surface area contributed by atoms with Gasteiger partial charge >= 0.3 is 7.82 Å². The summed E-state index contributed by atoms with van der Waals surface area (Å²) >= 11 is 0. The van der Waals surface area contributed by atoms with Crippen molar-refractivity contribution in [1.82, 2.24) is 0 Å². The van der Waals surface area contributed by atoms with Crippen LogP contribution < -0.4 is 10.3 Å². The number of amides is 1. The molecule has 122 valence electrons. The number of phosphoric ester groups is 1. The molecule has 0 bridgehead atoms. The highest BCUT2D eigenvalue weighted by atomic mass is 31.2. The van der Waals surface area contributed by atoms with Gasteiger partial charge < -0.3 is 30.5 Å². The first-order valence-corrected chi connectivity index (χ1v) is 7.74. The number of carbonyl (C=O) groups excluding carboxylic acids is 1.